The van der Waals surface area contributed by atoms with Gasteiger partial charge in [0.15, 0.2) is 5.65 Å². The van der Waals surface area contributed by atoms with Gasteiger partial charge in [-0.25, -0.2) is 14.5 Å². The van der Waals surface area contributed by atoms with Gasteiger partial charge in [-0.2, -0.15) is 10.1 Å². The molecule has 0 amide bonds. The molecular weight excluding hydrogens is 316 g/mol. The van der Waals surface area contributed by atoms with E-state index in [1.165, 1.54) is 0 Å². The Kier molecular flexibility index (Phi) is 3.96. The summed E-state index contributed by atoms with van der Waals surface area (Å²) >= 11 is 0. The number of nitrogens with one attached hydrogen (secondary N) is 1. The lowest BCUT2D eigenvalue weighted by atomic mass is 9.78. The lowest BCUT2D eigenvalue weighted by Crippen LogP contribution is -2.35. The van der Waals surface area contributed by atoms with Gasteiger partial charge >= 0.3 is 0 Å². The number of anilines is 2. The molecular formula is C17H22N8. The van der Waals surface area contributed by atoms with E-state index in [1.54, 1.807) is 10.7 Å². The molecule has 0 unspecified atom stereocenters. The lowest BCUT2D eigenvalue weighted by Gasteiger charge is -2.32. The number of aromatic nitrogens is 5. The maximum absolute atomic E-state index is 5.93. The topological polar surface area (TPSA) is 97.3 Å². The van der Waals surface area contributed by atoms with Crippen LogP contribution < -0.4 is 16.0 Å². The van der Waals surface area contributed by atoms with Crippen LogP contribution in [-0.4, -0.2) is 44.7 Å². The van der Waals surface area contributed by atoms with E-state index in [9.17, 15) is 0 Å². The minimum absolute atomic E-state index is 0.295. The van der Waals surface area contributed by atoms with Gasteiger partial charge in [0, 0.05) is 56.6 Å². The van der Waals surface area contributed by atoms with E-state index in [4.69, 9.17) is 5.73 Å². The number of hydrogen-bond acceptors (Lipinski definition) is 7. The van der Waals surface area contributed by atoms with Crippen molar-refractivity contribution >= 4 is 17.4 Å². The summed E-state index contributed by atoms with van der Waals surface area (Å²) in [7, 11) is 3.90. The van der Waals surface area contributed by atoms with Crippen molar-refractivity contribution in [1.29, 1.82) is 0 Å². The quantitative estimate of drug-likeness (QED) is 0.726. The summed E-state index contributed by atoms with van der Waals surface area (Å²) in [6.07, 6.45) is 7.46. The Morgan fingerprint density at radius 2 is 2.16 bits per heavy atom. The molecule has 8 heteroatoms. The van der Waals surface area contributed by atoms with E-state index < -0.39 is 0 Å². The lowest BCUT2D eigenvalue weighted by molar-refractivity contribution is 0.345. The van der Waals surface area contributed by atoms with Crippen LogP contribution >= 0.6 is 0 Å². The van der Waals surface area contributed by atoms with Gasteiger partial charge in [-0.3, -0.25) is 0 Å². The highest BCUT2D eigenvalue weighted by Gasteiger charge is 2.29. The fourth-order valence-electron chi connectivity index (χ4n) is 3.04. The smallest absolute Gasteiger partial charge is 0.227 e. The molecule has 8 nitrogen and oxygen atoms in total. The highest BCUT2D eigenvalue weighted by atomic mass is 15.2. The van der Waals surface area contributed by atoms with Gasteiger partial charge < -0.3 is 16.0 Å². The zero-order chi connectivity index (χ0) is 17.4. The Morgan fingerprint density at radius 3 is 2.92 bits per heavy atom. The molecule has 0 spiro atoms. The summed E-state index contributed by atoms with van der Waals surface area (Å²) < 4.78 is 1.77. The van der Waals surface area contributed by atoms with Gasteiger partial charge in [0.05, 0.1) is 11.9 Å². The standard InChI is InChI=1S/C17H22N8/c1-24(2)17-22-14(11-6-13(18)7-11)8-15(23-17)20-9-12-10-21-25-5-3-4-19-16(12)25/h3-5,8,10-11,13H,6-7,9,18H2,1-2H3,(H,20,22,23). The number of nitrogens with two attached hydrogens (primary N) is 1. The van der Waals surface area contributed by atoms with Crippen molar-refractivity contribution in [1.82, 2.24) is 24.6 Å². The molecule has 25 heavy (non-hydrogen) atoms. The number of fused-ring (bicyclic) bond motifs is 1. The minimum atomic E-state index is 0.295. The van der Waals surface area contributed by atoms with Crippen molar-refractivity contribution < 1.29 is 0 Å². The monoisotopic (exact) mass is 338 g/mol. The third-order valence-electron chi connectivity index (χ3n) is 4.54. The van der Waals surface area contributed by atoms with Crippen LogP contribution in [0.3, 0.4) is 0 Å². The molecule has 1 aliphatic rings. The molecule has 1 aliphatic carbocycles. The maximum Gasteiger partial charge on any atom is 0.227 e. The largest absolute Gasteiger partial charge is 0.366 e. The summed E-state index contributed by atoms with van der Waals surface area (Å²) in [4.78, 5) is 15.6. The molecule has 3 heterocycles. The third-order valence-corrected chi connectivity index (χ3v) is 4.54. The highest BCUT2D eigenvalue weighted by Crippen LogP contribution is 2.35. The summed E-state index contributed by atoms with van der Waals surface area (Å²) in [5.41, 5.74) is 8.86. The maximum atomic E-state index is 5.93. The van der Waals surface area contributed by atoms with Gasteiger partial charge in [-0.05, 0) is 18.9 Å². The number of nitrogens with zero attached hydrogens (tertiary/aromatic N) is 6. The zero-order valence-electron chi connectivity index (χ0n) is 14.4. The molecule has 0 bridgehead atoms. The molecule has 4 rings (SSSR count). The molecule has 0 atom stereocenters. The average molecular weight is 338 g/mol. The van der Waals surface area contributed by atoms with Crippen molar-refractivity contribution in [2.45, 2.75) is 31.3 Å². The van der Waals surface area contributed by atoms with E-state index in [-0.39, 0.29) is 0 Å². The van der Waals surface area contributed by atoms with Gasteiger partial charge in [0.2, 0.25) is 5.95 Å². The van der Waals surface area contributed by atoms with E-state index in [0.717, 1.165) is 35.6 Å². The predicted molar refractivity (Wildman–Crippen MR) is 96.6 cm³/mol. The molecule has 0 radical (unpaired) electrons. The van der Waals surface area contributed by atoms with Crippen LogP contribution in [0.15, 0.2) is 30.7 Å². The second-order valence-corrected chi connectivity index (χ2v) is 6.71. The van der Waals surface area contributed by atoms with E-state index in [2.05, 4.69) is 25.4 Å². The first-order valence-electron chi connectivity index (χ1n) is 8.43. The number of hydrogen-bond donors (Lipinski definition) is 2. The fraction of sp³-hybridized carbons (Fsp3) is 0.412. The van der Waals surface area contributed by atoms with Crippen molar-refractivity contribution in [3.63, 3.8) is 0 Å². The SMILES string of the molecule is CN(C)c1nc(NCc2cnn3cccnc23)cc(C2CC(N)C2)n1. The number of rotatable bonds is 5. The first-order valence-corrected chi connectivity index (χ1v) is 8.43. The second kappa shape index (κ2) is 6.29. The van der Waals surface area contributed by atoms with E-state index in [1.807, 2.05) is 43.5 Å². The van der Waals surface area contributed by atoms with Crippen LogP contribution in [0.4, 0.5) is 11.8 Å². The van der Waals surface area contributed by atoms with Crippen LogP contribution in [0.5, 0.6) is 0 Å². The van der Waals surface area contributed by atoms with Crippen molar-refractivity contribution in [2.24, 2.45) is 5.73 Å². The van der Waals surface area contributed by atoms with Gasteiger partial charge in [0.25, 0.3) is 0 Å². The molecule has 0 saturated heterocycles. The molecule has 0 aliphatic heterocycles. The molecule has 130 valence electrons. The molecule has 1 saturated carbocycles. The van der Waals surface area contributed by atoms with Crippen LogP contribution in [-0.2, 0) is 6.54 Å². The first kappa shape index (κ1) is 15.8. The molecule has 0 aromatic carbocycles. The summed E-state index contributed by atoms with van der Waals surface area (Å²) in [5.74, 6) is 1.94. The van der Waals surface area contributed by atoms with Crippen molar-refractivity contribution in [2.75, 3.05) is 24.3 Å². The van der Waals surface area contributed by atoms with E-state index in [0.29, 0.717) is 24.5 Å². The minimum Gasteiger partial charge on any atom is -0.366 e. The Labute approximate surface area is 146 Å². The average Bonchev–Trinajstić information content (AvgIpc) is 3.00. The summed E-state index contributed by atoms with van der Waals surface area (Å²) in [6, 6.07) is 4.19. The third kappa shape index (κ3) is 3.12. The summed E-state index contributed by atoms with van der Waals surface area (Å²) in [5, 5.41) is 7.70. The van der Waals surface area contributed by atoms with Crippen LogP contribution in [0.1, 0.15) is 30.0 Å². The Morgan fingerprint density at radius 1 is 1.32 bits per heavy atom. The van der Waals surface area contributed by atoms with E-state index >= 15 is 0 Å². The van der Waals surface area contributed by atoms with Gasteiger partial charge in [-0.1, -0.05) is 0 Å². The molecule has 3 N–H and O–H groups in total. The summed E-state index contributed by atoms with van der Waals surface area (Å²) in [6.45, 7) is 0.605. The first-order chi connectivity index (χ1) is 12.1. The van der Waals surface area contributed by atoms with Crippen LogP contribution in [0.25, 0.3) is 5.65 Å². The zero-order valence-corrected chi connectivity index (χ0v) is 14.4. The second-order valence-electron chi connectivity index (χ2n) is 6.71. The Balaban J connectivity index is 1.56. The Bertz CT molecular complexity index is 881. The molecule has 3 aromatic rings. The Hall–Kier alpha value is -2.74. The fourth-order valence-corrected chi connectivity index (χ4v) is 3.04. The van der Waals surface area contributed by atoms with Gasteiger partial charge in [-0.15, -0.1) is 0 Å². The van der Waals surface area contributed by atoms with Gasteiger partial charge in [0.1, 0.15) is 5.82 Å². The molecule has 3 aromatic heterocycles. The predicted octanol–water partition coefficient (Wildman–Crippen LogP) is 1.40. The van der Waals surface area contributed by atoms with Crippen molar-refractivity contribution in [3.8, 4) is 0 Å². The normalized spacial score (nSPS) is 19.6. The molecule has 1 fully saturated rings. The van der Waals surface area contributed by atoms with Crippen molar-refractivity contribution in [3.05, 3.63) is 42.0 Å². The van der Waals surface area contributed by atoms with Crippen LogP contribution in [0.2, 0.25) is 0 Å². The van der Waals surface area contributed by atoms with Crippen LogP contribution in [0, 0.1) is 0 Å². The highest BCUT2D eigenvalue weighted by molar-refractivity contribution is 5.50.